The van der Waals surface area contributed by atoms with Crippen molar-refractivity contribution in [1.29, 1.82) is 0 Å². The summed E-state index contributed by atoms with van der Waals surface area (Å²) in [5.41, 5.74) is 9.85. The van der Waals surface area contributed by atoms with Crippen LogP contribution in [0.4, 0.5) is 0 Å². The van der Waals surface area contributed by atoms with Gasteiger partial charge in [-0.2, -0.15) is 0 Å². The molecule has 0 unspecified atom stereocenters. The van der Waals surface area contributed by atoms with Gasteiger partial charge in [0, 0.05) is 21.6 Å². The van der Waals surface area contributed by atoms with E-state index in [0.717, 1.165) is 16.6 Å². The fourth-order valence-electron chi connectivity index (χ4n) is 7.46. The highest BCUT2D eigenvalue weighted by Gasteiger charge is 2.38. The lowest BCUT2D eigenvalue weighted by Crippen LogP contribution is -2.15. The molecule has 0 bridgehead atoms. The van der Waals surface area contributed by atoms with E-state index in [9.17, 15) is 0 Å². The molecule has 1 heterocycles. The van der Waals surface area contributed by atoms with Gasteiger partial charge in [-0.1, -0.05) is 117 Å². The zero-order chi connectivity index (χ0) is 26.6. The molecule has 1 aliphatic rings. The quantitative estimate of drug-likeness (QED) is 0.200. The summed E-state index contributed by atoms with van der Waals surface area (Å²) in [6.07, 6.45) is 0. The van der Waals surface area contributed by atoms with Gasteiger partial charge in [-0.25, -0.2) is 0 Å². The molecule has 0 amide bonds. The third-order valence-electron chi connectivity index (χ3n) is 9.22. The highest BCUT2D eigenvalue weighted by molar-refractivity contribution is 6.21. The standard InChI is InChI=1S/C39H26O/c1-39(2)33-16-8-7-14-30(33)36-28-13-6-5-12-27(28)32-22-24(19-20-29(32)37(36)39)25-15-9-17-34-35(25)31-21-18-23-10-3-4-11-26(23)38(31)40-34/h3-22H,1-2H3. The Morgan fingerprint density at radius 1 is 0.525 bits per heavy atom. The van der Waals surface area contributed by atoms with Crippen LogP contribution < -0.4 is 0 Å². The number of fused-ring (bicyclic) bond motifs is 13. The topological polar surface area (TPSA) is 13.1 Å². The van der Waals surface area contributed by atoms with Crippen LogP contribution in [0.3, 0.4) is 0 Å². The molecule has 0 radical (unpaired) electrons. The van der Waals surface area contributed by atoms with Crippen molar-refractivity contribution < 1.29 is 4.42 Å². The van der Waals surface area contributed by atoms with Crippen LogP contribution in [0.1, 0.15) is 25.0 Å². The maximum Gasteiger partial charge on any atom is 0.143 e. The van der Waals surface area contributed by atoms with Crippen LogP contribution in [0.5, 0.6) is 0 Å². The third kappa shape index (κ3) is 2.72. The van der Waals surface area contributed by atoms with Gasteiger partial charge < -0.3 is 4.42 Å². The van der Waals surface area contributed by atoms with Gasteiger partial charge in [0.05, 0.1) is 0 Å². The molecule has 8 aromatic rings. The minimum atomic E-state index is -0.0719. The lowest BCUT2D eigenvalue weighted by molar-refractivity contribution is 0.666. The second-order valence-corrected chi connectivity index (χ2v) is 11.7. The van der Waals surface area contributed by atoms with E-state index in [1.807, 2.05) is 0 Å². The summed E-state index contributed by atoms with van der Waals surface area (Å²) in [5.74, 6) is 0. The molecule has 0 N–H and O–H groups in total. The van der Waals surface area contributed by atoms with Crippen LogP contribution in [-0.2, 0) is 5.41 Å². The predicted molar refractivity (Wildman–Crippen MR) is 169 cm³/mol. The lowest BCUT2D eigenvalue weighted by Gasteiger charge is -2.24. The number of furan rings is 1. The van der Waals surface area contributed by atoms with Gasteiger partial charge in [-0.3, -0.25) is 0 Å². The van der Waals surface area contributed by atoms with Crippen molar-refractivity contribution in [2.45, 2.75) is 19.3 Å². The first-order valence-corrected chi connectivity index (χ1v) is 14.0. The number of hydrogen-bond donors (Lipinski definition) is 0. The van der Waals surface area contributed by atoms with Crippen molar-refractivity contribution in [1.82, 2.24) is 0 Å². The van der Waals surface area contributed by atoms with Crippen LogP contribution in [0, 0.1) is 0 Å². The summed E-state index contributed by atoms with van der Waals surface area (Å²) in [6.45, 7) is 4.75. The monoisotopic (exact) mass is 510 g/mol. The Morgan fingerprint density at radius 3 is 2.15 bits per heavy atom. The third-order valence-corrected chi connectivity index (χ3v) is 9.22. The molecule has 1 aromatic heterocycles. The zero-order valence-electron chi connectivity index (χ0n) is 22.5. The Labute approximate surface area is 232 Å². The first-order valence-electron chi connectivity index (χ1n) is 14.0. The molecule has 9 rings (SSSR count). The second kappa shape index (κ2) is 7.61. The second-order valence-electron chi connectivity index (χ2n) is 11.7. The lowest BCUT2D eigenvalue weighted by atomic mass is 9.79. The molecule has 40 heavy (non-hydrogen) atoms. The van der Waals surface area contributed by atoms with Crippen molar-refractivity contribution >= 4 is 54.3 Å². The average Bonchev–Trinajstić information content (AvgIpc) is 3.50. The average molecular weight is 511 g/mol. The van der Waals surface area contributed by atoms with Gasteiger partial charge >= 0.3 is 0 Å². The van der Waals surface area contributed by atoms with Crippen molar-refractivity contribution in [3.8, 4) is 22.3 Å². The van der Waals surface area contributed by atoms with Gasteiger partial charge in [0.15, 0.2) is 0 Å². The van der Waals surface area contributed by atoms with Crippen molar-refractivity contribution in [3.05, 3.63) is 132 Å². The summed E-state index contributed by atoms with van der Waals surface area (Å²) in [7, 11) is 0. The fraction of sp³-hybridized carbons (Fsp3) is 0.0769. The smallest absolute Gasteiger partial charge is 0.143 e. The SMILES string of the molecule is CC1(C)c2ccccc2-c2c1c1ccc(-c3cccc4oc5c6ccccc6ccc5c34)cc1c1ccccc21. The first kappa shape index (κ1) is 22.0. The minimum absolute atomic E-state index is 0.0719. The van der Waals surface area contributed by atoms with E-state index in [-0.39, 0.29) is 5.41 Å². The molecule has 0 atom stereocenters. The molecule has 1 nitrogen and oxygen atoms in total. The van der Waals surface area contributed by atoms with Crippen LogP contribution in [0.25, 0.3) is 76.5 Å². The van der Waals surface area contributed by atoms with Gasteiger partial charge in [0.1, 0.15) is 11.2 Å². The summed E-state index contributed by atoms with van der Waals surface area (Å²) < 4.78 is 6.51. The molecular weight excluding hydrogens is 484 g/mol. The number of hydrogen-bond acceptors (Lipinski definition) is 1. The highest BCUT2D eigenvalue weighted by atomic mass is 16.3. The molecule has 1 aliphatic carbocycles. The molecule has 188 valence electrons. The van der Waals surface area contributed by atoms with Crippen molar-refractivity contribution in [2.75, 3.05) is 0 Å². The maximum absolute atomic E-state index is 6.51. The Bertz CT molecular complexity index is 2350. The van der Waals surface area contributed by atoms with Crippen LogP contribution >= 0.6 is 0 Å². The largest absolute Gasteiger partial charge is 0.455 e. The van der Waals surface area contributed by atoms with Crippen LogP contribution in [0.2, 0.25) is 0 Å². The maximum atomic E-state index is 6.51. The molecule has 0 spiro atoms. The summed E-state index contributed by atoms with van der Waals surface area (Å²) >= 11 is 0. The van der Waals surface area contributed by atoms with E-state index in [2.05, 4.69) is 135 Å². The Morgan fingerprint density at radius 2 is 1.25 bits per heavy atom. The van der Waals surface area contributed by atoms with Crippen molar-refractivity contribution in [3.63, 3.8) is 0 Å². The van der Waals surface area contributed by atoms with Crippen LogP contribution in [0.15, 0.2) is 126 Å². The molecule has 0 aliphatic heterocycles. The van der Waals surface area contributed by atoms with E-state index >= 15 is 0 Å². The van der Waals surface area contributed by atoms with E-state index < -0.39 is 0 Å². The molecule has 0 saturated carbocycles. The molecule has 7 aromatic carbocycles. The molecule has 0 fully saturated rings. The summed E-state index contributed by atoms with van der Waals surface area (Å²) in [5, 5.41) is 9.99. The van der Waals surface area contributed by atoms with Gasteiger partial charge in [-0.05, 0) is 78.5 Å². The van der Waals surface area contributed by atoms with E-state index in [0.29, 0.717) is 0 Å². The zero-order valence-corrected chi connectivity index (χ0v) is 22.5. The van der Waals surface area contributed by atoms with E-state index in [1.54, 1.807) is 0 Å². The first-order chi connectivity index (χ1) is 19.6. The van der Waals surface area contributed by atoms with E-state index in [4.69, 9.17) is 4.42 Å². The van der Waals surface area contributed by atoms with E-state index in [1.165, 1.54) is 71.1 Å². The Hall–Kier alpha value is -4.88. The summed E-state index contributed by atoms with van der Waals surface area (Å²) in [6, 6.07) is 44.3. The van der Waals surface area contributed by atoms with Crippen molar-refractivity contribution in [2.24, 2.45) is 0 Å². The number of rotatable bonds is 1. The van der Waals surface area contributed by atoms with Gasteiger partial charge in [-0.15, -0.1) is 0 Å². The molecular formula is C39H26O. The normalized spacial score (nSPS) is 13.9. The molecule has 0 saturated heterocycles. The Balaban J connectivity index is 1.38. The summed E-state index contributed by atoms with van der Waals surface area (Å²) in [4.78, 5) is 0. The van der Waals surface area contributed by atoms with Crippen LogP contribution in [-0.4, -0.2) is 0 Å². The Kier molecular flexibility index (Phi) is 4.18. The fourth-order valence-corrected chi connectivity index (χ4v) is 7.46. The minimum Gasteiger partial charge on any atom is -0.455 e. The highest BCUT2D eigenvalue weighted by Crippen LogP contribution is 2.54. The van der Waals surface area contributed by atoms with Gasteiger partial charge in [0.25, 0.3) is 0 Å². The molecule has 1 heteroatoms. The predicted octanol–water partition coefficient (Wildman–Crippen LogP) is 11.0. The van der Waals surface area contributed by atoms with Gasteiger partial charge in [0.2, 0.25) is 0 Å². The number of benzene rings is 7.